The van der Waals surface area contributed by atoms with Gasteiger partial charge in [-0.25, -0.2) is 14.5 Å². The molecule has 1 aliphatic heterocycles. The number of rotatable bonds is 3. The van der Waals surface area contributed by atoms with Crippen molar-refractivity contribution in [2.24, 2.45) is 5.92 Å². The smallest absolute Gasteiger partial charge is 0.417 e. The molecule has 24 heavy (non-hydrogen) atoms. The van der Waals surface area contributed by atoms with Gasteiger partial charge >= 0.3 is 12.1 Å². The Balaban J connectivity index is 3.05. The molecule has 2 amide bonds. The highest BCUT2D eigenvalue weighted by molar-refractivity contribution is 6.00. The molecule has 1 aliphatic rings. The van der Waals surface area contributed by atoms with Gasteiger partial charge in [0.1, 0.15) is 17.2 Å². The Morgan fingerprint density at radius 2 is 1.58 bits per heavy atom. The molecule has 0 bridgehead atoms. The van der Waals surface area contributed by atoms with Crippen LogP contribution in [0.2, 0.25) is 0 Å². The van der Waals surface area contributed by atoms with Crippen molar-refractivity contribution in [3.8, 4) is 0 Å². The third-order valence-electron chi connectivity index (χ3n) is 3.26. The van der Waals surface area contributed by atoms with E-state index in [-0.39, 0.29) is 6.42 Å². The average molecular weight is 342 g/mol. The molecule has 1 fully saturated rings. The van der Waals surface area contributed by atoms with E-state index in [1.54, 1.807) is 41.5 Å². The number of hydrogen-bond donors (Lipinski definition) is 0. The molecule has 1 rings (SSSR count). The Kier molecular flexibility index (Phi) is 6.03. The van der Waals surface area contributed by atoms with Crippen molar-refractivity contribution in [1.29, 1.82) is 0 Å². The standard InChI is InChI=1S/C17H30N2O5/c1-16(2,3)23-14(21)12-9-11(10-18(7)8)13(20)19(12)15(22)24-17(4,5)6/h11-12H,9-10H2,1-8H3/t11?,12-/m0/s1. The number of carbonyl (C=O) groups is 3. The maximum absolute atomic E-state index is 12.6. The minimum absolute atomic E-state index is 0.241. The van der Waals surface area contributed by atoms with Crippen LogP contribution < -0.4 is 0 Å². The Morgan fingerprint density at radius 3 is 2.00 bits per heavy atom. The maximum Gasteiger partial charge on any atom is 0.417 e. The SMILES string of the molecule is CN(C)CC1C[C@@H](C(=O)OC(C)(C)C)N(C(=O)OC(C)(C)C)C1=O. The minimum atomic E-state index is -0.948. The van der Waals surface area contributed by atoms with Crippen molar-refractivity contribution in [3.05, 3.63) is 0 Å². The van der Waals surface area contributed by atoms with Gasteiger partial charge in [-0.1, -0.05) is 0 Å². The highest BCUT2D eigenvalue weighted by Crippen LogP contribution is 2.29. The van der Waals surface area contributed by atoms with Crippen molar-refractivity contribution < 1.29 is 23.9 Å². The highest BCUT2D eigenvalue weighted by atomic mass is 16.6. The second-order valence-corrected chi connectivity index (χ2v) is 8.43. The van der Waals surface area contributed by atoms with Gasteiger partial charge in [-0.2, -0.15) is 0 Å². The Morgan fingerprint density at radius 1 is 1.08 bits per heavy atom. The topological polar surface area (TPSA) is 76.2 Å². The number of likely N-dealkylation sites (tertiary alicyclic amines) is 1. The van der Waals surface area contributed by atoms with E-state index in [0.29, 0.717) is 6.54 Å². The fourth-order valence-electron chi connectivity index (χ4n) is 2.52. The molecular formula is C17H30N2O5. The van der Waals surface area contributed by atoms with Gasteiger partial charge in [-0.3, -0.25) is 4.79 Å². The lowest BCUT2D eigenvalue weighted by atomic mass is 10.0. The maximum atomic E-state index is 12.6. The van der Waals surface area contributed by atoms with Crippen LogP contribution >= 0.6 is 0 Å². The number of hydrogen-bond acceptors (Lipinski definition) is 6. The molecule has 1 saturated heterocycles. The number of ether oxygens (including phenoxy) is 2. The summed E-state index contributed by atoms with van der Waals surface area (Å²) < 4.78 is 10.7. The van der Waals surface area contributed by atoms with E-state index in [4.69, 9.17) is 9.47 Å². The minimum Gasteiger partial charge on any atom is -0.458 e. The van der Waals surface area contributed by atoms with Crippen LogP contribution in [-0.4, -0.2) is 65.7 Å². The van der Waals surface area contributed by atoms with E-state index >= 15 is 0 Å². The second kappa shape index (κ2) is 7.09. The van der Waals surface area contributed by atoms with Crippen molar-refractivity contribution in [1.82, 2.24) is 9.80 Å². The molecule has 0 N–H and O–H groups in total. The van der Waals surface area contributed by atoms with Crippen LogP contribution in [0.5, 0.6) is 0 Å². The van der Waals surface area contributed by atoms with Crippen LogP contribution in [0.15, 0.2) is 0 Å². The van der Waals surface area contributed by atoms with Gasteiger partial charge < -0.3 is 14.4 Å². The molecule has 7 nitrogen and oxygen atoms in total. The van der Waals surface area contributed by atoms with Crippen molar-refractivity contribution >= 4 is 18.0 Å². The van der Waals surface area contributed by atoms with Crippen LogP contribution in [-0.2, 0) is 19.1 Å². The number of carbonyl (C=O) groups excluding carboxylic acids is 3. The van der Waals surface area contributed by atoms with Gasteiger partial charge in [0.25, 0.3) is 0 Å². The first-order valence-electron chi connectivity index (χ1n) is 8.15. The lowest BCUT2D eigenvalue weighted by Gasteiger charge is -2.28. The average Bonchev–Trinajstić information content (AvgIpc) is 2.61. The van der Waals surface area contributed by atoms with Crippen LogP contribution in [0.4, 0.5) is 4.79 Å². The molecule has 0 aromatic rings. The summed E-state index contributed by atoms with van der Waals surface area (Å²) in [6.45, 7) is 10.8. The third-order valence-corrected chi connectivity index (χ3v) is 3.26. The summed E-state index contributed by atoms with van der Waals surface area (Å²) >= 11 is 0. The number of esters is 1. The summed E-state index contributed by atoms with van der Waals surface area (Å²) in [5, 5.41) is 0. The second-order valence-electron chi connectivity index (χ2n) is 8.43. The molecule has 2 atom stereocenters. The van der Waals surface area contributed by atoms with Gasteiger partial charge in [0.2, 0.25) is 5.91 Å². The van der Waals surface area contributed by atoms with Gasteiger partial charge in [0.05, 0.1) is 5.92 Å². The molecule has 0 aliphatic carbocycles. The largest absolute Gasteiger partial charge is 0.458 e. The zero-order valence-electron chi connectivity index (χ0n) is 16.0. The van der Waals surface area contributed by atoms with Crippen LogP contribution in [0.25, 0.3) is 0 Å². The van der Waals surface area contributed by atoms with E-state index in [9.17, 15) is 14.4 Å². The van der Waals surface area contributed by atoms with Gasteiger partial charge in [-0.05, 0) is 62.1 Å². The lowest BCUT2D eigenvalue weighted by molar-refractivity contribution is -0.161. The molecule has 0 radical (unpaired) electrons. The third kappa shape index (κ3) is 5.78. The fourth-order valence-corrected chi connectivity index (χ4v) is 2.52. The number of imide groups is 1. The lowest BCUT2D eigenvalue weighted by Crippen LogP contribution is -2.47. The van der Waals surface area contributed by atoms with Gasteiger partial charge in [-0.15, -0.1) is 0 Å². The summed E-state index contributed by atoms with van der Waals surface area (Å²) in [6, 6.07) is -0.948. The summed E-state index contributed by atoms with van der Waals surface area (Å²) in [7, 11) is 3.68. The van der Waals surface area contributed by atoms with E-state index < -0.39 is 41.1 Å². The van der Waals surface area contributed by atoms with Crippen molar-refractivity contribution in [2.75, 3.05) is 20.6 Å². The van der Waals surface area contributed by atoms with Crippen molar-refractivity contribution in [3.63, 3.8) is 0 Å². The summed E-state index contributed by atoms with van der Waals surface area (Å²) in [5.74, 6) is -1.41. The van der Waals surface area contributed by atoms with Gasteiger partial charge in [0, 0.05) is 6.54 Å². The normalized spacial score (nSPS) is 22.0. The molecule has 1 heterocycles. The van der Waals surface area contributed by atoms with E-state index in [1.165, 1.54) is 0 Å². The molecular weight excluding hydrogens is 312 g/mol. The Bertz CT molecular complexity index is 502. The van der Waals surface area contributed by atoms with E-state index in [2.05, 4.69) is 0 Å². The van der Waals surface area contributed by atoms with Crippen LogP contribution in [0, 0.1) is 5.92 Å². The molecule has 0 aromatic heterocycles. The van der Waals surface area contributed by atoms with Crippen molar-refractivity contribution in [2.45, 2.75) is 65.2 Å². The number of amides is 2. The summed E-state index contributed by atoms with van der Waals surface area (Å²) in [5.41, 5.74) is -1.45. The monoisotopic (exact) mass is 342 g/mol. The Hall–Kier alpha value is -1.63. The molecule has 0 saturated carbocycles. The van der Waals surface area contributed by atoms with E-state index in [1.807, 2.05) is 19.0 Å². The predicted molar refractivity (Wildman–Crippen MR) is 89.4 cm³/mol. The molecule has 0 aromatic carbocycles. The summed E-state index contributed by atoms with van der Waals surface area (Å²) in [6.07, 6.45) is -0.560. The van der Waals surface area contributed by atoms with Crippen LogP contribution in [0.3, 0.4) is 0 Å². The molecule has 138 valence electrons. The molecule has 1 unspecified atom stereocenters. The number of nitrogens with zero attached hydrogens (tertiary/aromatic N) is 2. The molecule has 7 heteroatoms. The first-order valence-corrected chi connectivity index (χ1v) is 8.15. The zero-order valence-corrected chi connectivity index (χ0v) is 16.0. The predicted octanol–water partition coefficient (Wildman–Crippen LogP) is 2.04. The first kappa shape index (κ1) is 20.4. The summed E-state index contributed by atoms with van der Waals surface area (Å²) in [4.78, 5) is 40.3. The molecule has 0 spiro atoms. The Labute approximate surface area is 144 Å². The highest BCUT2D eigenvalue weighted by Gasteiger charge is 2.49. The quantitative estimate of drug-likeness (QED) is 0.731. The van der Waals surface area contributed by atoms with Gasteiger partial charge in [0.15, 0.2) is 0 Å². The fraction of sp³-hybridized carbons (Fsp3) is 0.824. The zero-order chi connectivity index (χ0) is 18.9. The first-order chi connectivity index (χ1) is 10.7. The van der Waals surface area contributed by atoms with Crippen LogP contribution in [0.1, 0.15) is 48.0 Å². The van der Waals surface area contributed by atoms with E-state index in [0.717, 1.165) is 4.90 Å².